The highest BCUT2D eigenvalue weighted by Gasteiger charge is 2.45. The average Bonchev–Trinajstić information content (AvgIpc) is 2.97. The van der Waals surface area contributed by atoms with Gasteiger partial charge in [0.25, 0.3) is 0 Å². The lowest BCUT2D eigenvalue weighted by Crippen LogP contribution is -2.46. The summed E-state index contributed by atoms with van der Waals surface area (Å²) < 4.78 is 12.0. The lowest BCUT2D eigenvalue weighted by Gasteiger charge is -2.39. The third kappa shape index (κ3) is 6.28. The predicted octanol–water partition coefficient (Wildman–Crippen LogP) is 5.65. The second-order valence-electron chi connectivity index (χ2n) is 10.2. The van der Waals surface area contributed by atoms with Crippen molar-refractivity contribution in [3.05, 3.63) is 48.0 Å². The Morgan fingerprint density at radius 1 is 1.23 bits per heavy atom. The average molecular weight is 432 g/mol. The monoisotopic (exact) mass is 431 g/mol. The van der Waals surface area contributed by atoms with E-state index in [0.29, 0.717) is 19.6 Å². The molecule has 0 amide bonds. The molecule has 4 nitrogen and oxygen atoms in total. The standard InChI is InChI=1S/C25H41NO3Si/c1-9-28-24(27)15-21-22(19(2)3)17-26(16-20-13-11-10-12-14-20)23(21)18-29-30(7,8)25(4,5)6/h10-14,21-23H,2,9,15-18H2,1,3-8H3/t21-,22+,23+/m0/s1. The molecule has 1 aliphatic rings. The van der Waals surface area contributed by atoms with Crippen LogP contribution < -0.4 is 0 Å². The number of hydrogen-bond acceptors (Lipinski definition) is 4. The second-order valence-corrected chi connectivity index (χ2v) is 15.0. The summed E-state index contributed by atoms with van der Waals surface area (Å²) in [5, 5.41) is 0.153. The zero-order valence-corrected chi connectivity index (χ0v) is 21.0. The van der Waals surface area contributed by atoms with E-state index in [1.54, 1.807) is 0 Å². The first kappa shape index (κ1) is 24.8. The maximum Gasteiger partial charge on any atom is 0.306 e. The Kier molecular flexibility index (Phi) is 8.49. The minimum Gasteiger partial charge on any atom is -0.466 e. The Bertz CT molecular complexity index is 711. The third-order valence-electron chi connectivity index (χ3n) is 6.90. The molecular formula is C25H41NO3Si. The Hall–Kier alpha value is -1.43. The van der Waals surface area contributed by atoms with Gasteiger partial charge in [-0.1, -0.05) is 63.3 Å². The molecule has 168 valence electrons. The minimum atomic E-state index is -1.89. The smallest absolute Gasteiger partial charge is 0.306 e. The van der Waals surface area contributed by atoms with Gasteiger partial charge in [0.15, 0.2) is 8.32 Å². The minimum absolute atomic E-state index is 0.118. The molecule has 0 aliphatic carbocycles. The quantitative estimate of drug-likeness (QED) is 0.287. The molecule has 0 saturated carbocycles. The summed E-state index contributed by atoms with van der Waals surface area (Å²) in [6.45, 7) is 22.4. The largest absolute Gasteiger partial charge is 0.466 e. The molecule has 1 aromatic carbocycles. The molecule has 1 fully saturated rings. The van der Waals surface area contributed by atoms with Crippen molar-refractivity contribution in [1.29, 1.82) is 0 Å². The lowest BCUT2D eigenvalue weighted by molar-refractivity contribution is -0.144. The van der Waals surface area contributed by atoms with Crippen molar-refractivity contribution >= 4 is 14.3 Å². The van der Waals surface area contributed by atoms with Crippen LogP contribution in [-0.4, -0.2) is 45.0 Å². The first-order valence-corrected chi connectivity index (χ1v) is 14.1. The van der Waals surface area contributed by atoms with Gasteiger partial charge in [0.05, 0.1) is 13.0 Å². The molecule has 0 unspecified atom stereocenters. The van der Waals surface area contributed by atoms with Crippen molar-refractivity contribution in [3.8, 4) is 0 Å². The first-order valence-electron chi connectivity index (χ1n) is 11.2. The van der Waals surface area contributed by atoms with E-state index in [-0.39, 0.29) is 28.9 Å². The Labute approximate surface area is 184 Å². The number of nitrogens with zero attached hydrogens (tertiary/aromatic N) is 1. The molecule has 30 heavy (non-hydrogen) atoms. The Morgan fingerprint density at radius 2 is 1.87 bits per heavy atom. The normalized spacial score (nSPS) is 22.8. The van der Waals surface area contributed by atoms with Crippen LogP contribution in [0.1, 0.15) is 46.6 Å². The van der Waals surface area contributed by atoms with Crippen LogP contribution in [-0.2, 0) is 20.5 Å². The molecule has 5 heteroatoms. The molecule has 1 aliphatic heterocycles. The lowest BCUT2D eigenvalue weighted by atomic mass is 9.84. The summed E-state index contributed by atoms with van der Waals surface area (Å²) in [6.07, 6.45) is 0.419. The SMILES string of the molecule is C=C(C)[C@H]1CN(Cc2ccccc2)[C@H](CO[Si](C)(C)C(C)(C)C)[C@H]1CC(=O)OCC. The maximum atomic E-state index is 12.4. The summed E-state index contributed by atoms with van der Waals surface area (Å²) in [5.41, 5.74) is 2.42. The van der Waals surface area contributed by atoms with E-state index in [1.165, 1.54) is 5.56 Å². The summed E-state index contributed by atoms with van der Waals surface area (Å²) in [4.78, 5) is 14.9. The van der Waals surface area contributed by atoms with E-state index < -0.39 is 8.32 Å². The van der Waals surface area contributed by atoms with Gasteiger partial charge in [-0.05, 0) is 49.4 Å². The van der Waals surface area contributed by atoms with Gasteiger partial charge >= 0.3 is 5.97 Å². The number of hydrogen-bond donors (Lipinski definition) is 0. The van der Waals surface area contributed by atoms with Gasteiger partial charge in [0.2, 0.25) is 0 Å². The van der Waals surface area contributed by atoms with E-state index in [2.05, 4.69) is 76.5 Å². The number of likely N-dealkylation sites (tertiary alicyclic amines) is 1. The summed E-state index contributed by atoms with van der Waals surface area (Å²) in [7, 11) is -1.89. The molecule has 0 bridgehead atoms. The van der Waals surface area contributed by atoms with E-state index in [1.807, 2.05) is 13.0 Å². The molecule has 1 aromatic rings. The highest BCUT2D eigenvalue weighted by atomic mass is 28.4. The number of ether oxygens (including phenoxy) is 1. The van der Waals surface area contributed by atoms with Gasteiger partial charge in [-0.25, -0.2) is 0 Å². The fraction of sp³-hybridized carbons (Fsp3) is 0.640. The molecule has 3 atom stereocenters. The van der Waals surface area contributed by atoms with Crippen molar-refractivity contribution in [2.75, 3.05) is 19.8 Å². The van der Waals surface area contributed by atoms with Crippen molar-refractivity contribution in [3.63, 3.8) is 0 Å². The molecule has 2 rings (SSSR count). The number of carbonyl (C=O) groups excluding carboxylic acids is 1. The number of benzene rings is 1. The van der Waals surface area contributed by atoms with Crippen LogP contribution in [0.15, 0.2) is 42.5 Å². The highest BCUT2D eigenvalue weighted by molar-refractivity contribution is 6.74. The Balaban J connectivity index is 2.29. The van der Waals surface area contributed by atoms with Crippen LogP contribution >= 0.6 is 0 Å². The van der Waals surface area contributed by atoms with E-state index >= 15 is 0 Å². The van der Waals surface area contributed by atoms with E-state index in [4.69, 9.17) is 9.16 Å². The molecule has 1 heterocycles. The molecule has 0 N–H and O–H groups in total. The van der Waals surface area contributed by atoms with Crippen LogP contribution in [0.3, 0.4) is 0 Å². The van der Waals surface area contributed by atoms with Crippen LogP contribution in [0.5, 0.6) is 0 Å². The van der Waals surface area contributed by atoms with Gasteiger partial charge in [-0.2, -0.15) is 0 Å². The van der Waals surface area contributed by atoms with Crippen molar-refractivity contribution in [2.45, 2.75) is 71.8 Å². The first-order chi connectivity index (χ1) is 14.0. The van der Waals surface area contributed by atoms with Crippen LogP contribution in [0.2, 0.25) is 18.1 Å². The van der Waals surface area contributed by atoms with E-state index in [9.17, 15) is 4.79 Å². The van der Waals surface area contributed by atoms with Gasteiger partial charge in [-0.15, -0.1) is 0 Å². The molecule has 1 saturated heterocycles. The van der Waals surface area contributed by atoms with Crippen molar-refractivity contribution in [1.82, 2.24) is 4.90 Å². The summed E-state index contributed by atoms with van der Waals surface area (Å²) in [5.74, 6) is 0.314. The van der Waals surface area contributed by atoms with Gasteiger partial charge < -0.3 is 9.16 Å². The summed E-state index contributed by atoms with van der Waals surface area (Å²) in [6, 6.07) is 10.7. The predicted molar refractivity (Wildman–Crippen MR) is 127 cm³/mol. The topological polar surface area (TPSA) is 38.8 Å². The fourth-order valence-electron chi connectivity index (χ4n) is 4.01. The number of esters is 1. The molecule has 0 spiro atoms. The van der Waals surface area contributed by atoms with Gasteiger partial charge in [0.1, 0.15) is 0 Å². The van der Waals surface area contributed by atoms with Crippen LogP contribution in [0, 0.1) is 11.8 Å². The molecule has 0 radical (unpaired) electrons. The second kappa shape index (κ2) is 10.3. The van der Waals surface area contributed by atoms with Crippen molar-refractivity contribution < 1.29 is 14.0 Å². The van der Waals surface area contributed by atoms with Crippen molar-refractivity contribution in [2.24, 2.45) is 11.8 Å². The van der Waals surface area contributed by atoms with E-state index in [0.717, 1.165) is 18.7 Å². The van der Waals surface area contributed by atoms with Gasteiger partial charge in [-0.3, -0.25) is 9.69 Å². The molecular weight excluding hydrogens is 390 g/mol. The number of rotatable bonds is 9. The highest BCUT2D eigenvalue weighted by Crippen LogP contribution is 2.41. The van der Waals surface area contributed by atoms with Crippen LogP contribution in [0.25, 0.3) is 0 Å². The summed E-state index contributed by atoms with van der Waals surface area (Å²) >= 11 is 0. The fourth-order valence-corrected chi connectivity index (χ4v) is 5.03. The zero-order chi connectivity index (χ0) is 22.5. The number of carbonyl (C=O) groups is 1. The maximum absolute atomic E-state index is 12.4. The van der Waals surface area contributed by atoms with Gasteiger partial charge in [0, 0.05) is 25.7 Å². The third-order valence-corrected chi connectivity index (χ3v) is 11.4. The Morgan fingerprint density at radius 3 is 2.40 bits per heavy atom. The van der Waals surface area contributed by atoms with Crippen LogP contribution in [0.4, 0.5) is 0 Å². The molecule has 0 aromatic heterocycles. The zero-order valence-electron chi connectivity index (χ0n) is 20.0.